The highest BCUT2D eigenvalue weighted by atomic mass is 16.2. The second-order valence-corrected chi connectivity index (χ2v) is 7.28. The first-order chi connectivity index (χ1) is 10.8. The maximum absolute atomic E-state index is 12.6. The highest BCUT2D eigenvalue weighted by molar-refractivity contribution is 6.04. The van der Waals surface area contributed by atoms with Crippen molar-refractivity contribution in [3.8, 4) is 0 Å². The van der Waals surface area contributed by atoms with Gasteiger partial charge in [0.1, 0.15) is 0 Å². The molecule has 23 heavy (non-hydrogen) atoms. The number of nitrogens with zero attached hydrogens (tertiary/aromatic N) is 1. The van der Waals surface area contributed by atoms with Crippen molar-refractivity contribution in [3.05, 3.63) is 30.0 Å². The van der Waals surface area contributed by atoms with Crippen molar-refractivity contribution >= 4 is 28.4 Å². The van der Waals surface area contributed by atoms with E-state index in [1.165, 1.54) is 0 Å². The Morgan fingerprint density at radius 3 is 2.74 bits per heavy atom. The fourth-order valence-electron chi connectivity index (χ4n) is 3.17. The molecule has 2 aromatic rings. The summed E-state index contributed by atoms with van der Waals surface area (Å²) in [5, 5.41) is 3.99. The largest absolute Gasteiger partial charge is 0.359 e. The zero-order chi connectivity index (χ0) is 16.8. The van der Waals surface area contributed by atoms with Crippen LogP contribution in [0.15, 0.2) is 24.3 Å². The monoisotopic (exact) mass is 313 g/mol. The molecule has 1 aliphatic heterocycles. The van der Waals surface area contributed by atoms with E-state index in [4.69, 9.17) is 0 Å². The summed E-state index contributed by atoms with van der Waals surface area (Å²) in [5.74, 6) is -0.332. The van der Waals surface area contributed by atoms with Crippen LogP contribution in [0.5, 0.6) is 0 Å². The van der Waals surface area contributed by atoms with Crippen LogP contribution in [0.25, 0.3) is 10.9 Å². The highest BCUT2D eigenvalue weighted by Gasteiger charge is 2.39. The number of hydrogen-bond donors (Lipinski definition) is 2. The van der Waals surface area contributed by atoms with E-state index in [1.807, 2.05) is 52.0 Å². The fourth-order valence-corrected chi connectivity index (χ4v) is 3.17. The number of hydrogen-bond acceptors (Lipinski definition) is 2. The van der Waals surface area contributed by atoms with Crippen LogP contribution < -0.4 is 5.32 Å². The van der Waals surface area contributed by atoms with Crippen LogP contribution in [0.2, 0.25) is 0 Å². The van der Waals surface area contributed by atoms with Crippen LogP contribution in [0.3, 0.4) is 0 Å². The molecule has 1 fully saturated rings. The Bertz CT molecular complexity index is 770. The molecule has 0 aliphatic carbocycles. The van der Waals surface area contributed by atoms with Crippen molar-refractivity contribution in [2.45, 2.75) is 39.7 Å². The maximum Gasteiger partial charge on any atom is 0.229 e. The average molecular weight is 313 g/mol. The van der Waals surface area contributed by atoms with Gasteiger partial charge < -0.3 is 15.2 Å². The standard InChI is InChI=1S/C18H23N3O2/c1-11-8-13-14(19-11)6-5-7-15(13)20-17(23)12-9-16(22)21(10-12)18(2,3)4/h5-8,12,19H,9-10H2,1-4H3,(H,20,23). The van der Waals surface area contributed by atoms with Gasteiger partial charge in [0.15, 0.2) is 0 Å². The molecule has 0 bridgehead atoms. The van der Waals surface area contributed by atoms with Gasteiger partial charge in [-0.3, -0.25) is 9.59 Å². The molecule has 1 saturated heterocycles. The second kappa shape index (κ2) is 5.41. The van der Waals surface area contributed by atoms with Gasteiger partial charge in [0.05, 0.1) is 11.6 Å². The number of anilines is 1. The predicted molar refractivity (Wildman–Crippen MR) is 91.2 cm³/mol. The van der Waals surface area contributed by atoms with Crippen LogP contribution >= 0.6 is 0 Å². The zero-order valence-electron chi connectivity index (χ0n) is 14.1. The van der Waals surface area contributed by atoms with Crippen LogP contribution in [-0.2, 0) is 9.59 Å². The zero-order valence-corrected chi connectivity index (χ0v) is 14.1. The highest BCUT2D eigenvalue weighted by Crippen LogP contribution is 2.28. The molecule has 0 radical (unpaired) electrons. The second-order valence-electron chi connectivity index (χ2n) is 7.28. The molecule has 5 nitrogen and oxygen atoms in total. The molecular weight excluding hydrogens is 290 g/mol. The van der Waals surface area contributed by atoms with Crippen molar-refractivity contribution in [1.29, 1.82) is 0 Å². The number of aryl methyl sites for hydroxylation is 1. The van der Waals surface area contributed by atoms with E-state index in [1.54, 1.807) is 4.90 Å². The van der Waals surface area contributed by atoms with Crippen molar-refractivity contribution < 1.29 is 9.59 Å². The number of fused-ring (bicyclic) bond motifs is 1. The van der Waals surface area contributed by atoms with Crippen LogP contribution in [0.4, 0.5) is 5.69 Å². The van der Waals surface area contributed by atoms with Crippen LogP contribution in [0.1, 0.15) is 32.9 Å². The molecule has 2 amide bonds. The van der Waals surface area contributed by atoms with Gasteiger partial charge in [0.2, 0.25) is 11.8 Å². The molecule has 1 atom stereocenters. The van der Waals surface area contributed by atoms with Gasteiger partial charge >= 0.3 is 0 Å². The Balaban J connectivity index is 1.78. The number of H-pyrrole nitrogens is 1. The van der Waals surface area contributed by atoms with Gasteiger partial charge in [0, 0.05) is 35.1 Å². The first-order valence-electron chi connectivity index (χ1n) is 7.95. The third-order valence-electron chi connectivity index (χ3n) is 4.36. The van der Waals surface area contributed by atoms with Crippen molar-refractivity contribution in [1.82, 2.24) is 9.88 Å². The summed E-state index contributed by atoms with van der Waals surface area (Å²) >= 11 is 0. The van der Waals surface area contributed by atoms with E-state index in [0.717, 1.165) is 22.3 Å². The van der Waals surface area contributed by atoms with Gasteiger partial charge in [0.25, 0.3) is 0 Å². The SMILES string of the molecule is Cc1cc2c(NC(=O)C3CC(=O)N(C(C)(C)C)C3)cccc2[nH]1. The van der Waals surface area contributed by atoms with Gasteiger partial charge in [-0.15, -0.1) is 0 Å². The third kappa shape index (κ3) is 2.96. The Hall–Kier alpha value is -2.30. The Morgan fingerprint density at radius 2 is 2.09 bits per heavy atom. The minimum Gasteiger partial charge on any atom is -0.359 e. The van der Waals surface area contributed by atoms with E-state index < -0.39 is 0 Å². The van der Waals surface area contributed by atoms with E-state index in [9.17, 15) is 9.59 Å². The smallest absolute Gasteiger partial charge is 0.229 e. The molecule has 1 aromatic carbocycles. The first-order valence-corrected chi connectivity index (χ1v) is 7.95. The molecule has 1 aliphatic rings. The number of aromatic nitrogens is 1. The lowest BCUT2D eigenvalue weighted by molar-refractivity contribution is -0.131. The van der Waals surface area contributed by atoms with Crippen molar-refractivity contribution in [3.63, 3.8) is 0 Å². The number of rotatable bonds is 2. The number of aromatic amines is 1. The van der Waals surface area contributed by atoms with E-state index in [0.29, 0.717) is 6.54 Å². The summed E-state index contributed by atoms with van der Waals surface area (Å²) in [6.07, 6.45) is 0.283. The molecule has 1 unspecified atom stereocenters. The lowest BCUT2D eigenvalue weighted by Gasteiger charge is -2.31. The summed E-state index contributed by atoms with van der Waals surface area (Å²) in [5.41, 5.74) is 2.60. The molecule has 1 aromatic heterocycles. The van der Waals surface area contributed by atoms with E-state index in [-0.39, 0.29) is 29.7 Å². The Labute approximate surface area is 136 Å². The van der Waals surface area contributed by atoms with Crippen LogP contribution in [0, 0.1) is 12.8 Å². The number of nitrogens with one attached hydrogen (secondary N) is 2. The number of carbonyl (C=O) groups is 2. The summed E-state index contributed by atoms with van der Waals surface area (Å²) in [6.45, 7) is 8.45. The van der Waals surface area contributed by atoms with Crippen molar-refractivity contribution in [2.75, 3.05) is 11.9 Å². The molecule has 2 N–H and O–H groups in total. The van der Waals surface area contributed by atoms with E-state index in [2.05, 4.69) is 10.3 Å². The molecule has 5 heteroatoms. The molecule has 122 valence electrons. The molecule has 0 spiro atoms. The topological polar surface area (TPSA) is 65.2 Å². The Morgan fingerprint density at radius 1 is 1.35 bits per heavy atom. The number of carbonyl (C=O) groups excluding carboxylic acids is 2. The summed E-state index contributed by atoms with van der Waals surface area (Å²) < 4.78 is 0. The molecule has 2 heterocycles. The van der Waals surface area contributed by atoms with Crippen molar-refractivity contribution in [2.24, 2.45) is 5.92 Å². The summed E-state index contributed by atoms with van der Waals surface area (Å²) in [6, 6.07) is 7.81. The average Bonchev–Trinajstić information content (AvgIpc) is 3.01. The minimum absolute atomic E-state index is 0.0494. The van der Waals surface area contributed by atoms with E-state index >= 15 is 0 Å². The normalized spacial score (nSPS) is 18.7. The quantitative estimate of drug-likeness (QED) is 0.895. The summed E-state index contributed by atoms with van der Waals surface area (Å²) in [7, 11) is 0. The Kier molecular flexibility index (Phi) is 3.66. The lowest BCUT2D eigenvalue weighted by Crippen LogP contribution is -2.42. The number of likely N-dealkylation sites (tertiary alicyclic amines) is 1. The van der Waals surface area contributed by atoms with Gasteiger partial charge in [-0.25, -0.2) is 0 Å². The first kappa shape index (κ1) is 15.6. The molecule has 0 saturated carbocycles. The molecular formula is C18H23N3O2. The van der Waals surface area contributed by atoms with Gasteiger partial charge in [-0.1, -0.05) is 6.07 Å². The van der Waals surface area contributed by atoms with Gasteiger partial charge in [-0.05, 0) is 45.9 Å². The maximum atomic E-state index is 12.6. The predicted octanol–water partition coefficient (Wildman–Crippen LogP) is 3.06. The lowest BCUT2D eigenvalue weighted by atomic mass is 10.1. The van der Waals surface area contributed by atoms with Gasteiger partial charge in [-0.2, -0.15) is 0 Å². The minimum atomic E-state index is -0.294. The number of amides is 2. The number of benzene rings is 1. The third-order valence-corrected chi connectivity index (χ3v) is 4.36. The molecule has 3 rings (SSSR count). The summed E-state index contributed by atoms with van der Waals surface area (Å²) in [4.78, 5) is 29.8. The fraction of sp³-hybridized carbons (Fsp3) is 0.444. The van der Waals surface area contributed by atoms with Crippen LogP contribution in [-0.4, -0.2) is 33.8 Å².